The van der Waals surface area contributed by atoms with Gasteiger partial charge in [-0.3, -0.25) is 14.4 Å². The summed E-state index contributed by atoms with van der Waals surface area (Å²) in [6, 6.07) is 1.98. The van der Waals surface area contributed by atoms with E-state index in [4.69, 9.17) is 0 Å². The minimum atomic E-state index is -0.452. The Morgan fingerprint density at radius 2 is 2.15 bits per heavy atom. The van der Waals surface area contributed by atoms with E-state index in [1.165, 1.54) is 0 Å². The van der Waals surface area contributed by atoms with E-state index in [0.29, 0.717) is 6.54 Å². The quantitative estimate of drug-likeness (QED) is 0.781. The fourth-order valence-electron chi connectivity index (χ4n) is 2.48. The molecule has 2 rings (SSSR count). The molecular weight excluding hydrogens is 254 g/mol. The van der Waals surface area contributed by atoms with Crippen LogP contribution in [0.4, 0.5) is 0 Å². The topological polar surface area (TPSA) is 62.2 Å². The Morgan fingerprint density at radius 1 is 1.45 bits per heavy atom. The summed E-state index contributed by atoms with van der Waals surface area (Å²) in [6.45, 7) is 8.35. The molecule has 1 aromatic heterocycles. The minimum Gasteiger partial charge on any atom is -0.354 e. The van der Waals surface area contributed by atoms with Gasteiger partial charge in [0, 0.05) is 52.4 Å². The van der Waals surface area contributed by atoms with Crippen molar-refractivity contribution < 1.29 is 4.79 Å². The van der Waals surface area contributed by atoms with Crippen LogP contribution in [0.1, 0.15) is 19.5 Å². The molecule has 1 amide bonds. The highest BCUT2D eigenvalue weighted by Gasteiger charge is 2.34. The average Bonchev–Trinajstić information content (AvgIpc) is 2.85. The first-order valence-corrected chi connectivity index (χ1v) is 7.23. The highest BCUT2D eigenvalue weighted by molar-refractivity contribution is 5.85. The van der Waals surface area contributed by atoms with Gasteiger partial charge in [-0.1, -0.05) is 0 Å². The van der Waals surface area contributed by atoms with E-state index < -0.39 is 5.54 Å². The second-order valence-corrected chi connectivity index (χ2v) is 5.78. The van der Waals surface area contributed by atoms with Crippen molar-refractivity contribution in [2.45, 2.75) is 25.8 Å². The Kier molecular flexibility index (Phi) is 4.77. The Bertz CT molecular complexity index is 448. The molecular formula is C14H25N5O. The zero-order valence-corrected chi connectivity index (χ0v) is 12.6. The monoisotopic (exact) mass is 279 g/mol. The van der Waals surface area contributed by atoms with Crippen molar-refractivity contribution in [3.63, 3.8) is 0 Å². The van der Waals surface area contributed by atoms with Gasteiger partial charge in [-0.05, 0) is 19.9 Å². The van der Waals surface area contributed by atoms with Crippen LogP contribution in [0.3, 0.4) is 0 Å². The molecule has 6 nitrogen and oxygen atoms in total. The summed E-state index contributed by atoms with van der Waals surface area (Å²) in [5.74, 6) is 0.0929. The number of aromatic nitrogens is 2. The summed E-state index contributed by atoms with van der Waals surface area (Å²) in [5, 5.41) is 10.6. The second-order valence-electron chi connectivity index (χ2n) is 5.78. The lowest BCUT2D eigenvalue weighted by Crippen LogP contribution is -2.60. The van der Waals surface area contributed by atoms with Crippen LogP contribution in [0.15, 0.2) is 12.3 Å². The van der Waals surface area contributed by atoms with Gasteiger partial charge in [-0.25, -0.2) is 0 Å². The molecule has 0 unspecified atom stereocenters. The zero-order chi connectivity index (χ0) is 14.6. The van der Waals surface area contributed by atoms with Gasteiger partial charge in [0.2, 0.25) is 5.91 Å². The zero-order valence-electron chi connectivity index (χ0n) is 12.6. The number of carbonyl (C=O) groups is 1. The molecule has 0 aromatic carbocycles. The Balaban J connectivity index is 1.80. The van der Waals surface area contributed by atoms with E-state index in [1.807, 2.05) is 33.2 Å². The molecule has 0 atom stereocenters. The van der Waals surface area contributed by atoms with Gasteiger partial charge in [0.1, 0.15) is 0 Å². The fraction of sp³-hybridized carbons (Fsp3) is 0.714. The smallest absolute Gasteiger partial charge is 0.239 e. The highest BCUT2D eigenvalue weighted by Crippen LogP contribution is 2.15. The first kappa shape index (κ1) is 15.0. The van der Waals surface area contributed by atoms with Gasteiger partial charge >= 0.3 is 0 Å². The van der Waals surface area contributed by atoms with E-state index in [1.54, 1.807) is 4.68 Å². The van der Waals surface area contributed by atoms with Crippen molar-refractivity contribution >= 4 is 5.91 Å². The van der Waals surface area contributed by atoms with Gasteiger partial charge in [-0.2, -0.15) is 5.10 Å². The van der Waals surface area contributed by atoms with Crippen molar-refractivity contribution in [3.8, 4) is 0 Å². The molecule has 20 heavy (non-hydrogen) atoms. The minimum absolute atomic E-state index is 0.0929. The molecule has 1 aromatic rings. The van der Waals surface area contributed by atoms with E-state index in [-0.39, 0.29) is 5.91 Å². The average molecular weight is 279 g/mol. The number of piperazine rings is 1. The molecule has 2 heterocycles. The molecule has 6 heteroatoms. The number of carbonyl (C=O) groups excluding carboxylic acids is 1. The molecule has 112 valence electrons. The first-order chi connectivity index (χ1) is 9.50. The number of rotatable bonds is 5. The summed E-state index contributed by atoms with van der Waals surface area (Å²) < 4.78 is 1.78. The molecule has 0 aliphatic carbocycles. The number of hydrogen-bond donors (Lipinski definition) is 2. The Labute approximate surface area is 120 Å². The molecule has 0 radical (unpaired) electrons. The predicted octanol–water partition coefficient (Wildman–Crippen LogP) is -0.237. The molecule has 0 spiro atoms. The SMILES string of the molecule is Cn1ccc(CCNC(=O)C(C)(C)N2CCNCC2)n1. The number of amides is 1. The van der Waals surface area contributed by atoms with E-state index >= 15 is 0 Å². The van der Waals surface area contributed by atoms with Gasteiger partial charge in [0.05, 0.1) is 11.2 Å². The normalized spacial score (nSPS) is 17.1. The number of aryl methyl sites for hydroxylation is 1. The van der Waals surface area contributed by atoms with Crippen LogP contribution in [0.5, 0.6) is 0 Å². The Morgan fingerprint density at radius 3 is 2.75 bits per heavy atom. The van der Waals surface area contributed by atoms with Crippen molar-refractivity contribution in [2.24, 2.45) is 7.05 Å². The van der Waals surface area contributed by atoms with Crippen LogP contribution in [0, 0.1) is 0 Å². The number of hydrogen-bond acceptors (Lipinski definition) is 4. The standard InChI is InChI=1S/C14H25N5O/c1-14(2,19-10-7-15-8-11-19)13(20)16-6-4-12-5-9-18(3)17-12/h5,9,15H,4,6-8,10-11H2,1-3H3,(H,16,20). The fourth-order valence-corrected chi connectivity index (χ4v) is 2.48. The highest BCUT2D eigenvalue weighted by atomic mass is 16.2. The number of nitrogens with zero attached hydrogens (tertiary/aromatic N) is 3. The van der Waals surface area contributed by atoms with Crippen LogP contribution in [-0.4, -0.2) is 58.9 Å². The van der Waals surface area contributed by atoms with Crippen LogP contribution < -0.4 is 10.6 Å². The maximum Gasteiger partial charge on any atom is 0.239 e. The van der Waals surface area contributed by atoms with E-state index in [9.17, 15) is 4.79 Å². The predicted molar refractivity (Wildman–Crippen MR) is 78.4 cm³/mol. The van der Waals surface area contributed by atoms with E-state index in [2.05, 4.69) is 20.6 Å². The lowest BCUT2D eigenvalue weighted by molar-refractivity contribution is -0.132. The summed E-state index contributed by atoms with van der Waals surface area (Å²) in [5.41, 5.74) is 0.555. The van der Waals surface area contributed by atoms with Crippen molar-refractivity contribution in [1.29, 1.82) is 0 Å². The molecule has 2 N–H and O–H groups in total. The number of nitrogens with one attached hydrogen (secondary N) is 2. The van der Waals surface area contributed by atoms with Gasteiger partial charge in [0.15, 0.2) is 0 Å². The van der Waals surface area contributed by atoms with Crippen LogP contribution in [0.25, 0.3) is 0 Å². The molecule has 1 aliphatic heterocycles. The van der Waals surface area contributed by atoms with Crippen LogP contribution in [0.2, 0.25) is 0 Å². The Hall–Kier alpha value is -1.40. The molecule has 1 aliphatic rings. The summed E-state index contributed by atoms with van der Waals surface area (Å²) >= 11 is 0. The molecule has 1 saturated heterocycles. The molecule has 0 bridgehead atoms. The van der Waals surface area contributed by atoms with Gasteiger partial charge in [0.25, 0.3) is 0 Å². The first-order valence-electron chi connectivity index (χ1n) is 7.23. The van der Waals surface area contributed by atoms with Crippen LogP contribution >= 0.6 is 0 Å². The lowest BCUT2D eigenvalue weighted by atomic mass is 10.0. The maximum atomic E-state index is 12.4. The largest absolute Gasteiger partial charge is 0.354 e. The van der Waals surface area contributed by atoms with Crippen molar-refractivity contribution in [2.75, 3.05) is 32.7 Å². The maximum absolute atomic E-state index is 12.4. The third-order valence-electron chi connectivity index (χ3n) is 3.90. The third-order valence-corrected chi connectivity index (χ3v) is 3.90. The summed E-state index contributed by atoms with van der Waals surface area (Å²) in [4.78, 5) is 14.6. The van der Waals surface area contributed by atoms with Crippen molar-refractivity contribution in [1.82, 2.24) is 25.3 Å². The summed E-state index contributed by atoms with van der Waals surface area (Å²) in [7, 11) is 1.90. The second kappa shape index (κ2) is 6.37. The third kappa shape index (κ3) is 3.58. The van der Waals surface area contributed by atoms with E-state index in [0.717, 1.165) is 38.3 Å². The molecule has 0 saturated carbocycles. The van der Waals surface area contributed by atoms with Crippen molar-refractivity contribution in [3.05, 3.63) is 18.0 Å². The van der Waals surface area contributed by atoms with Crippen LogP contribution in [-0.2, 0) is 18.3 Å². The lowest BCUT2D eigenvalue weighted by Gasteiger charge is -2.39. The molecule has 1 fully saturated rings. The van der Waals surface area contributed by atoms with Gasteiger partial charge in [-0.15, -0.1) is 0 Å². The van der Waals surface area contributed by atoms with Gasteiger partial charge < -0.3 is 10.6 Å². The summed E-state index contributed by atoms with van der Waals surface area (Å²) in [6.07, 6.45) is 2.69.